The lowest BCUT2D eigenvalue weighted by Gasteiger charge is -2.32. The van der Waals surface area contributed by atoms with Crippen LogP contribution < -0.4 is 5.73 Å². The first kappa shape index (κ1) is 18.3. The van der Waals surface area contributed by atoms with Crippen LogP contribution >= 0.6 is 0 Å². The number of rotatable bonds is 7. The van der Waals surface area contributed by atoms with E-state index >= 15 is 0 Å². The molecule has 3 nitrogen and oxygen atoms in total. The molecule has 1 rings (SSSR count). The molecule has 0 saturated heterocycles. The van der Waals surface area contributed by atoms with Crippen molar-refractivity contribution < 1.29 is 13.2 Å². The molecule has 0 aromatic carbocycles. The molecule has 0 fully saturated rings. The summed E-state index contributed by atoms with van der Waals surface area (Å²) in [6.45, 7) is 11.7. The van der Waals surface area contributed by atoms with E-state index in [-0.39, 0.29) is 23.4 Å². The van der Waals surface area contributed by atoms with Crippen molar-refractivity contribution in [2.24, 2.45) is 16.1 Å². The van der Waals surface area contributed by atoms with Gasteiger partial charge in [0.05, 0.1) is 5.70 Å². The van der Waals surface area contributed by atoms with E-state index in [1.54, 1.807) is 0 Å². The van der Waals surface area contributed by atoms with E-state index in [9.17, 15) is 13.2 Å². The largest absolute Gasteiger partial charge is 0.449 e. The van der Waals surface area contributed by atoms with Crippen LogP contribution in [0.25, 0.3) is 0 Å². The van der Waals surface area contributed by atoms with Gasteiger partial charge in [-0.25, -0.2) is 4.99 Å². The number of hydrogen-bond acceptors (Lipinski definition) is 3. The third-order valence-corrected chi connectivity index (χ3v) is 3.50. The van der Waals surface area contributed by atoms with Gasteiger partial charge in [0.2, 0.25) is 5.84 Å². The number of allylic oxidation sites excluding steroid dienone is 1. The molecule has 0 aromatic rings. The van der Waals surface area contributed by atoms with E-state index in [1.165, 1.54) is 12.2 Å². The average molecular weight is 313 g/mol. The van der Waals surface area contributed by atoms with Gasteiger partial charge in [0.25, 0.3) is 0 Å². The van der Waals surface area contributed by atoms with Crippen molar-refractivity contribution in [1.82, 2.24) is 4.90 Å². The summed E-state index contributed by atoms with van der Waals surface area (Å²) in [4.78, 5) is 4.72. The number of halogens is 3. The van der Waals surface area contributed by atoms with Crippen molar-refractivity contribution in [1.29, 1.82) is 0 Å². The van der Waals surface area contributed by atoms with E-state index in [2.05, 4.69) is 23.9 Å². The second kappa shape index (κ2) is 6.99. The Kier molecular flexibility index (Phi) is 5.80. The summed E-state index contributed by atoms with van der Waals surface area (Å²) >= 11 is 0. The zero-order chi connectivity index (χ0) is 17.0. The van der Waals surface area contributed by atoms with Gasteiger partial charge in [-0.3, -0.25) is 0 Å². The van der Waals surface area contributed by atoms with E-state index in [0.29, 0.717) is 13.0 Å². The molecule has 0 aromatic heterocycles. The maximum absolute atomic E-state index is 13.3. The first-order valence-corrected chi connectivity index (χ1v) is 7.04. The summed E-state index contributed by atoms with van der Waals surface area (Å²) in [7, 11) is 0. The molecule has 0 aliphatic carbocycles. The monoisotopic (exact) mass is 313 g/mol. The van der Waals surface area contributed by atoms with Gasteiger partial charge in [0.15, 0.2) is 0 Å². The van der Waals surface area contributed by atoms with Gasteiger partial charge in [0, 0.05) is 6.54 Å². The van der Waals surface area contributed by atoms with Gasteiger partial charge in [-0.15, -0.1) is 0 Å². The van der Waals surface area contributed by atoms with Crippen LogP contribution in [0, 0.1) is 5.41 Å². The van der Waals surface area contributed by atoms with Crippen LogP contribution in [0.4, 0.5) is 13.2 Å². The number of aliphatic imine (C=N–C) groups is 1. The Morgan fingerprint density at radius 2 is 1.86 bits per heavy atom. The SMILES string of the molecule is C=CC1=C=C(C=C)N(CCC(C)(C)CCN)C(C(F)(F)F)=N1. The molecule has 1 heterocycles. The zero-order valence-corrected chi connectivity index (χ0v) is 13.0. The average Bonchev–Trinajstić information content (AvgIpc) is 2.43. The van der Waals surface area contributed by atoms with Crippen LogP contribution in [0.1, 0.15) is 26.7 Å². The van der Waals surface area contributed by atoms with Crippen molar-refractivity contribution >= 4 is 5.84 Å². The zero-order valence-electron chi connectivity index (χ0n) is 13.0. The van der Waals surface area contributed by atoms with Crippen molar-refractivity contribution in [3.05, 3.63) is 42.4 Å². The smallest absolute Gasteiger partial charge is 0.330 e. The molecule has 1 aliphatic rings. The molecule has 22 heavy (non-hydrogen) atoms. The summed E-state index contributed by atoms with van der Waals surface area (Å²) in [5.74, 6) is -0.959. The highest BCUT2D eigenvalue weighted by atomic mass is 19.4. The Hall–Kier alpha value is -1.78. The third-order valence-electron chi connectivity index (χ3n) is 3.50. The second-order valence-electron chi connectivity index (χ2n) is 5.84. The minimum atomic E-state index is -4.55. The molecule has 0 spiro atoms. The van der Waals surface area contributed by atoms with Gasteiger partial charge in [-0.1, -0.05) is 32.7 Å². The Morgan fingerprint density at radius 1 is 1.23 bits per heavy atom. The van der Waals surface area contributed by atoms with E-state index in [0.717, 1.165) is 11.3 Å². The number of alkyl halides is 3. The Balaban J connectivity index is 3.12. The molecule has 2 N–H and O–H groups in total. The highest BCUT2D eigenvalue weighted by Crippen LogP contribution is 2.30. The number of hydrogen-bond donors (Lipinski definition) is 1. The topological polar surface area (TPSA) is 41.6 Å². The Bertz CT molecular complexity index is 535. The third kappa shape index (κ3) is 4.61. The van der Waals surface area contributed by atoms with Gasteiger partial charge in [-0.2, -0.15) is 13.2 Å². The summed E-state index contributed by atoms with van der Waals surface area (Å²) in [6, 6.07) is 0. The van der Waals surface area contributed by atoms with Crippen LogP contribution in [0.15, 0.2) is 47.4 Å². The Labute approximate surface area is 129 Å². The van der Waals surface area contributed by atoms with Crippen LogP contribution in [-0.4, -0.2) is 30.0 Å². The van der Waals surface area contributed by atoms with Crippen molar-refractivity contribution in [3.8, 4) is 0 Å². The number of amidine groups is 1. The van der Waals surface area contributed by atoms with E-state index in [4.69, 9.17) is 5.73 Å². The maximum Gasteiger partial charge on any atom is 0.449 e. The van der Waals surface area contributed by atoms with Crippen LogP contribution in [0.2, 0.25) is 0 Å². The Morgan fingerprint density at radius 3 is 2.32 bits per heavy atom. The van der Waals surface area contributed by atoms with Crippen molar-refractivity contribution in [2.75, 3.05) is 13.1 Å². The summed E-state index contributed by atoms with van der Waals surface area (Å²) in [5.41, 5.74) is 8.48. The highest BCUT2D eigenvalue weighted by Gasteiger charge is 2.42. The van der Waals surface area contributed by atoms with Gasteiger partial charge < -0.3 is 10.6 Å². The van der Waals surface area contributed by atoms with Crippen molar-refractivity contribution in [3.63, 3.8) is 0 Å². The molecule has 0 amide bonds. The molecule has 6 heteroatoms. The highest BCUT2D eigenvalue weighted by molar-refractivity contribution is 5.91. The van der Waals surface area contributed by atoms with Gasteiger partial charge in [0.1, 0.15) is 5.70 Å². The maximum atomic E-state index is 13.3. The van der Waals surface area contributed by atoms with Crippen LogP contribution in [0.3, 0.4) is 0 Å². The molecule has 0 unspecified atom stereocenters. The molecule has 1 aliphatic heterocycles. The quantitative estimate of drug-likeness (QED) is 0.727. The standard InChI is InChI=1S/C16H22F3N3/c1-5-12-11-13(6-2)22(14(21-12)16(17,18)19)10-8-15(3,4)7-9-20/h5-6H,1-2,7-10,20H2,3-4H3. The lowest BCUT2D eigenvalue weighted by Crippen LogP contribution is -2.43. The molecular weight excluding hydrogens is 291 g/mol. The van der Waals surface area contributed by atoms with Crippen LogP contribution in [-0.2, 0) is 0 Å². The van der Waals surface area contributed by atoms with E-state index in [1.807, 2.05) is 13.8 Å². The molecule has 0 atom stereocenters. The fraction of sp³-hybridized carbons (Fsp3) is 0.500. The second-order valence-corrected chi connectivity index (χ2v) is 5.84. The summed E-state index contributed by atoms with van der Waals surface area (Å²) in [6.07, 6.45) is -0.685. The number of nitrogens with two attached hydrogens (primary N) is 1. The predicted octanol–water partition coefficient (Wildman–Crippen LogP) is 3.77. The molecule has 0 saturated carbocycles. The number of nitrogens with zero attached hydrogens (tertiary/aromatic N) is 2. The summed E-state index contributed by atoms with van der Waals surface area (Å²) in [5, 5.41) is 0. The molecular formula is C16H22F3N3. The molecule has 122 valence electrons. The molecule has 0 radical (unpaired) electrons. The van der Waals surface area contributed by atoms with Crippen LogP contribution in [0.5, 0.6) is 0 Å². The summed E-state index contributed by atoms with van der Waals surface area (Å²) < 4.78 is 39.8. The fourth-order valence-corrected chi connectivity index (χ4v) is 2.15. The van der Waals surface area contributed by atoms with E-state index < -0.39 is 12.0 Å². The predicted molar refractivity (Wildman–Crippen MR) is 83.2 cm³/mol. The van der Waals surface area contributed by atoms with Gasteiger partial charge >= 0.3 is 6.18 Å². The normalized spacial score (nSPS) is 15.9. The van der Waals surface area contributed by atoms with Gasteiger partial charge in [-0.05, 0) is 37.0 Å². The minimum absolute atomic E-state index is 0.0553. The lowest BCUT2D eigenvalue weighted by molar-refractivity contribution is -0.0677. The minimum Gasteiger partial charge on any atom is -0.330 e. The first-order valence-electron chi connectivity index (χ1n) is 7.04. The molecule has 0 bridgehead atoms. The first-order chi connectivity index (χ1) is 10.1. The fourth-order valence-electron chi connectivity index (χ4n) is 2.15. The van der Waals surface area contributed by atoms with Crippen molar-refractivity contribution in [2.45, 2.75) is 32.9 Å². The lowest BCUT2D eigenvalue weighted by atomic mass is 9.85.